The molecule has 1 nitrogen and oxygen atoms in total. The molecule has 0 fully saturated rings. The average Bonchev–Trinajstić information content (AvgIpc) is 3.72. The molecule has 1 aliphatic rings. The highest BCUT2D eigenvalue weighted by Gasteiger charge is 2.37. The normalized spacial score (nSPS) is 13.3. The van der Waals surface area contributed by atoms with E-state index in [1.165, 1.54) is 98.7 Å². The molecular formula is C55H36O. The molecule has 1 heteroatoms. The zero-order chi connectivity index (χ0) is 37.1. The Hall–Kier alpha value is -6.96. The first kappa shape index (κ1) is 31.4. The third kappa shape index (κ3) is 4.37. The summed E-state index contributed by atoms with van der Waals surface area (Å²) >= 11 is 0. The lowest BCUT2D eigenvalue weighted by Crippen LogP contribution is -2.15. The van der Waals surface area contributed by atoms with Gasteiger partial charge in [-0.15, -0.1) is 0 Å². The van der Waals surface area contributed by atoms with E-state index in [1.807, 2.05) is 0 Å². The van der Waals surface area contributed by atoms with Gasteiger partial charge in [0.25, 0.3) is 0 Å². The Labute approximate surface area is 325 Å². The number of hydrogen-bond donors (Lipinski definition) is 0. The number of benzene rings is 10. The minimum atomic E-state index is -0.145. The largest absolute Gasteiger partial charge is 0.456 e. The summed E-state index contributed by atoms with van der Waals surface area (Å²) in [5.41, 5.74) is 14.6. The van der Waals surface area contributed by atoms with E-state index in [-0.39, 0.29) is 5.41 Å². The average molecular weight is 713 g/mol. The van der Waals surface area contributed by atoms with E-state index >= 15 is 0 Å². The molecule has 262 valence electrons. The summed E-state index contributed by atoms with van der Waals surface area (Å²) in [5, 5.41) is 12.4. The number of para-hydroxylation sites is 1. The van der Waals surface area contributed by atoms with Crippen molar-refractivity contribution in [1.29, 1.82) is 0 Å². The lowest BCUT2D eigenvalue weighted by Gasteiger charge is -2.24. The maximum Gasteiger partial charge on any atom is 0.136 e. The molecule has 1 aromatic heterocycles. The van der Waals surface area contributed by atoms with Crippen LogP contribution in [0.4, 0.5) is 0 Å². The Morgan fingerprint density at radius 1 is 0.339 bits per heavy atom. The van der Waals surface area contributed by atoms with Crippen LogP contribution in [0, 0.1) is 0 Å². The van der Waals surface area contributed by atoms with Crippen LogP contribution in [0.5, 0.6) is 0 Å². The van der Waals surface area contributed by atoms with Crippen molar-refractivity contribution in [3.63, 3.8) is 0 Å². The van der Waals surface area contributed by atoms with Crippen molar-refractivity contribution in [2.24, 2.45) is 0 Å². The predicted molar refractivity (Wildman–Crippen MR) is 238 cm³/mol. The molecule has 11 aromatic rings. The number of furan rings is 1. The zero-order valence-electron chi connectivity index (χ0n) is 31.2. The molecule has 0 amide bonds. The minimum absolute atomic E-state index is 0.145. The van der Waals surface area contributed by atoms with E-state index in [2.05, 4.69) is 196 Å². The maximum absolute atomic E-state index is 6.50. The van der Waals surface area contributed by atoms with E-state index in [9.17, 15) is 0 Å². The molecular weight excluding hydrogens is 677 g/mol. The zero-order valence-corrected chi connectivity index (χ0v) is 31.2. The quantitative estimate of drug-likeness (QED) is 0.166. The van der Waals surface area contributed by atoms with Gasteiger partial charge in [0.15, 0.2) is 0 Å². The van der Waals surface area contributed by atoms with Gasteiger partial charge in [-0.25, -0.2) is 0 Å². The molecule has 1 aliphatic carbocycles. The second-order valence-electron chi connectivity index (χ2n) is 16.0. The fraction of sp³-hybridized carbons (Fsp3) is 0.0545. The van der Waals surface area contributed by atoms with E-state index in [1.54, 1.807) is 0 Å². The van der Waals surface area contributed by atoms with Crippen molar-refractivity contribution < 1.29 is 4.42 Å². The number of hydrogen-bond acceptors (Lipinski definition) is 1. The maximum atomic E-state index is 6.50. The van der Waals surface area contributed by atoms with Gasteiger partial charge in [-0.1, -0.05) is 166 Å². The third-order valence-corrected chi connectivity index (χ3v) is 12.6. The van der Waals surface area contributed by atoms with Crippen LogP contribution in [0.25, 0.3) is 110 Å². The summed E-state index contributed by atoms with van der Waals surface area (Å²) in [6.07, 6.45) is 0. The first-order valence-corrected chi connectivity index (χ1v) is 19.6. The molecule has 10 aromatic carbocycles. The first-order chi connectivity index (χ1) is 27.5. The second-order valence-corrected chi connectivity index (χ2v) is 16.0. The van der Waals surface area contributed by atoms with Crippen molar-refractivity contribution in [3.8, 4) is 44.5 Å². The van der Waals surface area contributed by atoms with Gasteiger partial charge in [-0.05, 0) is 129 Å². The van der Waals surface area contributed by atoms with E-state index in [4.69, 9.17) is 4.42 Å². The molecule has 0 aliphatic heterocycles. The standard InChI is InChI=1S/C55H36O/c1-55(2)49-21-11-9-15-38(49)47-30-44(45-31-46-39-16-10-12-22-50(39)56-51(46)32-48(45)54(47)55)34-24-26-35(27-25-34)52-40-17-5-7-19-42(40)53(43-20-8-6-18-41(43)52)37-28-23-33-13-3-4-14-36(33)29-37/h3-32H,1-2H3. The van der Waals surface area contributed by atoms with Gasteiger partial charge in [0.1, 0.15) is 11.2 Å². The fourth-order valence-corrected chi connectivity index (χ4v) is 10.1. The van der Waals surface area contributed by atoms with E-state index < -0.39 is 0 Å². The predicted octanol–water partition coefficient (Wildman–Crippen LogP) is 15.5. The van der Waals surface area contributed by atoms with Gasteiger partial charge < -0.3 is 4.42 Å². The van der Waals surface area contributed by atoms with Gasteiger partial charge >= 0.3 is 0 Å². The molecule has 1 heterocycles. The van der Waals surface area contributed by atoms with Crippen molar-refractivity contribution in [2.45, 2.75) is 19.3 Å². The van der Waals surface area contributed by atoms with Crippen LogP contribution in [0.2, 0.25) is 0 Å². The summed E-state index contributed by atoms with van der Waals surface area (Å²) in [7, 11) is 0. The molecule has 0 atom stereocenters. The SMILES string of the molecule is CC1(C)c2ccccc2-c2cc(-c3ccc(-c4c5ccccc5c(-c5ccc6ccccc6c5)c5ccccc45)cc3)c3cc4c(cc3c21)oc1ccccc14. The summed E-state index contributed by atoms with van der Waals surface area (Å²) in [6, 6.07) is 67.2. The van der Waals surface area contributed by atoms with E-state index in [0.29, 0.717) is 0 Å². The first-order valence-electron chi connectivity index (χ1n) is 19.6. The van der Waals surface area contributed by atoms with Gasteiger partial charge in [-0.3, -0.25) is 0 Å². The highest BCUT2D eigenvalue weighted by molar-refractivity contribution is 6.22. The van der Waals surface area contributed by atoms with Crippen LogP contribution in [0.1, 0.15) is 25.0 Å². The Kier molecular flexibility index (Phi) is 6.46. The summed E-state index contributed by atoms with van der Waals surface area (Å²) in [6.45, 7) is 4.74. The molecule has 0 bridgehead atoms. The van der Waals surface area contributed by atoms with Gasteiger partial charge in [0.2, 0.25) is 0 Å². The van der Waals surface area contributed by atoms with Crippen molar-refractivity contribution in [2.75, 3.05) is 0 Å². The Morgan fingerprint density at radius 3 is 1.64 bits per heavy atom. The van der Waals surface area contributed by atoms with Crippen LogP contribution >= 0.6 is 0 Å². The molecule has 0 N–H and O–H groups in total. The fourth-order valence-electron chi connectivity index (χ4n) is 10.1. The lowest BCUT2D eigenvalue weighted by atomic mass is 9.79. The van der Waals surface area contributed by atoms with Gasteiger partial charge in [-0.2, -0.15) is 0 Å². The number of fused-ring (bicyclic) bond motifs is 11. The molecule has 12 rings (SSSR count). The second kappa shape index (κ2) is 11.5. The third-order valence-electron chi connectivity index (χ3n) is 12.6. The molecule has 0 unspecified atom stereocenters. The Balaban J connectivity index is 1.09. The van der Waals surface area contributed by atoms with Crippen LogP contribution in [0.3, 0.4) is 0 Å². The molecule has 0 saturated carbocycles. The van der Waals surface area contributed by atoms with E-state index in [0.717, 1.165) is 21.9 Å². The van der Waals surface area contributed by atoms with Gasteiger partial charge in [0.05, 0.1) is 0 Å². The molecule has 0 saturated heterocycles. The number of rotatable bonds is 3. The van der Waals surface area contributed by atoms with Crippen molar-refractivity contribution in [1.82, 2.24) is 0 Å². The van der Waals surface area contributed by atoms with Crippen molar-refractivity contribution in [3.05, 3.63) is 193 Å². The Bertz CT molecular complexity index is 3370. The van der Waals surface area contributed by atoms with Crippen LogP contribution in [-0.4, -0.2) is 0 Å². The highest BCUT2D eigenvalue weighted by Crippen LogP contribution is 2.54. The lowest BCUT2D eigenvalue weighted by molar-refractivity contribution is 0.663. The highest BCUT2D eigenvalue weighted by atomic mass is 16.3. The van der Waals surface area contributed by atoms with Crippen LogP contribution < -0.4 is 0 Å². The van der Waals surface area contributed by atoms with Crippen LogP contribution in [0.15, 0.2) is 186 Å². The van der Waals surface area contributed by atoms with Crippen LogP contribution in [-0.2, 0) is 5.41 Å². The molecule has 0 radical (unpaired) electrons. The Morgan fingerprint density at radius 2 is 0.911 bits per heavy atom. The van der Waals surface area contributed by atoms with Crippen molar-refractivity contribution >= 4 is 65.0 Å². The molecule has 0 spiro atoms. The summed E-state index contributed by atoms with van der Waals surface area (Å²) < 4.78 is 6.50. The monoisotopic (exact) mass is 712 g/mol. The molecule has 56 heavy (non-hydrogen) atoms. The summed E-state index contributed by atoms with van der Waals surface area (Å²) in [4.78, 5) is 0. The van der Waals surface area contributed by atoms with Gasteiger partial charge in [0, 0.05) is 16.2 Å². The summed E-state index contributed by atoms with van der Waals surface area (Å²) in [5.74, 6) is 0. The topological polar surface area (TPSA) is 13.1 Å². The minimum Gasteiger partial charge on any atom is -0.456 e. The smallest absolute Gasteiger partial charge is 0.136 e.